The number of fused-ring (bicyclic) bond motifs is 1. The van der Waals surface area contributed by atoms with Gasteiger partial charge in [-0.25, -0.2) is 13.1 Å². The number of nitrogens with zero attached hydrogens (tertiary/aromatic N) is 3. The van der Waals surface area contributed by atoms with Gasteiger partial charge in [-0.1, -0.05) is 12.1 Å². The van der Waals surface area contributed by atoms with Gasteiger partial charge in [0.05, 0.1) is 4.90 Å². The number of hydrogen-bond donors (Lipinski definition) is 1. The predicted molar refractivity (Wildman–Crippen MR) is 95.5 cm³/mol. The average Bonchev–Trinajstić information content (AvgIpc) is 2.60. The number of sulfonamides is 1. The van der Waals surface area contributed by atoms with Crippen LogP contribution in [0.5, 0.6) is 0 Å². The van der Waals surface area contributed by atoms with E-state index in [0.29, 0.717) is 16.8 Å². The molecule has 0 bridgehead atoms. The lowest BCUT2D eigenvalue weighted by Crippen LogP contribution is -2.51. The van der Waals surface area contributed by atoms with E-state index in [-0.39, 0.29) is 6.04 Å². The van der Waals surface area contributed by atoms with Gasteiger partial charge in [0.15, 0.2) is 0 Å². The van der Waals surface area contributed by atoms with Crippen molar-refractivity contribution in [1.29, 1.82) is 0 Å². The van der Waals surface area contributed by atoms with Crippen LogP contribution in [0, 0.1) is 0 Å². The Bertz CT molecular complexity index is 796. The summed E-state index contributed by atoms with van der Waals surface area (Å²) in [5, 5.41) is 1.53. The number of nitrogens with one attached hydrogen (secondary N) is 1. The summed E-state index contributed by atoms with van der Waals surface area (Å²) in [6, 6.07) is 7.18. The van der Waals surface area contributed by atoms with Gasteiger partial charge in [-0.15, -0.1) is 0 Å². The quantitative estimate of drug-likeness (QED) is 0.878. The summed E-state index contributed by atoms with van der Waals surface area (Å²) in [7, 11) is -1.44. The van der Waals surface area contributed by atoms with Crippen LogP contribution in [0.1, 0.15) is 6.92 Å². The molecule has 1 aliphatic heterocycles. The number of piperazine rings is 1. The van der Waals surface area contributed by atoms with Crippen molar-refractivity contribution in [3.05, 3.63) is 36.7 Å². The molecule has 1 fully saturated rings. The molecule has 2 aromatic rings. The fourth-order valence-corrected chi connectivity index (χ4v) is 4.38. The number of benzene rings is 1. The second-order valence-corrected chi connectivity index (χ2v) is 8.13. The van der Waals surface area contributed by atoms with Crippen molar-refractivity contribution in [1.82, 2.24) is 19.5 Å². The molecule has 1 aromatic carbocycles. The van der Waals surface area contributed by atoms with E-state index >= 15 is 0 Å². The largest absolute Gasteiger partial charge is 0.304 e. The van der Waals surface area contributed by atoms with Crippen molar-refractivity contribution < 1.29 is 8.42 Å². The standard InChI is InChI=1S/C17H24N4O2S/c1-14(21-10-8-20(2)9-11-21)12-19-24(22,23)17-5-3-4-15-13-18-7-6-16(15)17/h3-7,13-14,19H,8-12H2,1-2H3/t14-/m1/s1. The maximum Gasteiger partial charge on any atom is 0.241 e. The van der Waals surface area contributed by atoms with Gasteiger partial charge in [0.2, 0.25) is 10.0 Å². The third kappa shape index (κ3) is 3.75. The molecule has 0 saturated carbocycles. The second kappa shape index (κ2) is 7.14. The third-order valence-corrected chi connectivity index (χ3v) is 6.14. The van der Waals surface area contributed by atoms with Gasteiger partial charge < -0.3 is 4.90 Å². The lowest BCUT2D eigenvalue weighted by Gasteiger charge is -2.36. The first kappa shape index (κ1) is 17.3. The molecule has 0 spiro atoms. The average molecular weight is 348 g/mol. The highest BCUT2D eigenvalue weighted by molar-refractivity contribution is 7.89. The Morgan fingerprint density at radius 3 is 2.71 bits per heavy atom. The summed E-state index contributed by atoms with van der Waals surface area (Å²) >= 11 is 0. The maximum absolute atomic E-state index is 12.7. The Morgan fingerprint density at radius 1 is 1.21 bits per heavy atom. The highest BCUT2D eigenvalue weighted by Crippen LogP contribution is 2.21. The molecule has 1 aliphatic rings. The molecule has 1 saturated heterocycles. The summed E-state index contributed by atoms with van der Waals surface area (Å²) in [6.45, 7) is 6.47. The predicted octanol–water partition coefficient (Wildman–Crippen LogP) is 1.15. The molecule has 24 heavy (non-hydrogen) atoms. The van der Waals surface area contributed by atoms with E-state index in [1.54, 1.807) is 30.6 Å². The second-order valence-electron chi connectivity index (χ2n) is 6.39. The van der Waals surface area contributed by atoms with Gasteiger partial charge in [0.25, 0.3) is 0 Å². The zero-order chi connectivity index (χ0) is 17.2. The molecule has 1 atom stereocenters. The number of hydrogen-bond acceptors (Lipinski definition) is 5. The first-order valence-corrected chi connectivity index (χ1v) is 9.71. The van der Waals surface area contributed by atoms with E-state index < -0.39 is 10.0 Å². The van der Waals surface area contributed by atoms with Crippen LogP contribution in [-0.4, -0.2) is 69.0 Å². The molecular weight excluding hydrogens is 324 g/mol. The number of rotatable bonds is 5. The summed E-state index contributed by atoms with van der Waals surface area (Å²) in [4.78, 5) is 8.98. The molecule has 1 N–H and O–H groups in total. The summed E-state index contributed by atoms with van der Waals surface area (Å²) < 4.78 is 28.2. The molecule has 0 aliphatic carbocycles. The van der Waals surface area contributed by atoms with Crippen molar-refractivity contribution in [3.63, 3.8) is 0 Å². The highest BCUT2D eigenvalue weighted by Gasteiger charge is 2.22. The lowest BCUT2D eigenvalue weighted by atomic mass is 10.2. The van der Waals surface area contributed by atoms with Crippen LogP contribution >= 0.6 is 0 Å². The van der Waals surface area contributed by atoms with Crippen LogP contribution in [0.2, 0.25) is 0 Å². The molecule has 2 heterocycles. The minimum atomic E-state index is -3.55. The molecule has 6 nitrogen and oxygen atoms in total. The van der Waals surface area contributed by atoms with Crippen molar-refractivity contribution >= 4 is 20.8 Å². The van der Waals surface area contributed by atoms with Crippen molar-refractivity contribution in [2.45, 2.75) is 17.9 Å². The Labute approximate surface area is 143 Å². The van der Waals surface area contributed by atoms with Gasteiger partial charge >= 0.3 is 0 Å². The molecule has 0 radical (unpaired) electrons. The number of pyridine rings is 1. The van der Waals surface area contributed by atoms with Crippen LogP contribution in [-0.2, 0) is 10.0 Å². The maximum atomic E-state index is 12.7. The Kier molecular flexibility index (Phi) is 5.15. The molecule has 7 heteroatoms. The van der Waals surface area contributed by atoms with Gasteiger partial charge in [-0.05, 0) is 26.1 Å². The monoisotopic (exact) mass is 348 g/mol. The van der Waals surface area contributed by atoms with Crippen LogP contribution in [0.3, 0.4) is 0 Å². The van der Waals surface area contributed by atoms with Crippen LogP contribution in [0.25, 0.3) is 10.8 Å². The Hall–Kier alpha value is -1.54. The minimum absolute atomic E-state index is 0.171. The Morgan fingerprint density at radius 2 is 1.96 bits per heavy atom. The number of aromatic nitrogens is 1. The van der Waals surface area contributed by atoms with E-state index in [9.17, 15) is 8.42 Å². The smallest absolute Gasteiger partial charge is 0.241 e. The molecule has 0 amide bonds. The fraction of sp³-hybridized carbons (Fsp3) is 0.471. The highest BCUT2D eigenvalue weighted by atomic mass is 32.2. The molecule has 0 unspecified atom stereocenters. The molecule has 3 rings (SSSR count). The van der Waals surface area contributed by atoms with Gasteiger partial charge in [-0.2, -0.15) is 0 Å². The van der Waals surface area contributed by atoms with E-state index in [1.165, 1.54) is 0 Å². The van der Waals surface area contributed by atoms with E-state index in [2.05, 4.69) is 33.5 Å². The first-order valence-electron chi connectivity index (χ1n) is 8.22. The zero-order valence-corrected chi connectivity index (χ0v) is 15.0. The van der Waals surface area contributed by atoms with Crippen LogP contribution < -0.4 is 4.72 Å². The van der Waals surface area contributed by atoms with Crippen molar-refractivity contribution in [2.24, 2.45) is 0 Å². The normalized spacial score (nSPS) is 18.8. The topological polar surface area (TPSA) is 65.5 Å². The zero-order valence-electron chi connectivity index (χ0n) is 14.1. The Balaban J connectivity index is 1.72. The molecule has 1 aromatic heterocycles. The third-order valence-electron chi connectivity index (χ3n) is 4.66. The van der Waals surface area contributed by atoms with Gasteiger partial charge in [0.1, 0.15) is 0 Å². The molecular formula is C17H24N4O2S. The van der Waals surface area contributed by atoms with Gasteiger partial charge in [-0.3, -0.25) is 9.88 Å². The summed E-state index contributed by atoms with van der Waals surface area (Å²) in [5.74, 6) is 0. The fourth-order valence-electron chi connectivity index (χ4n) is 3.03. The summed E-state index contributed by atoms with van der Waals surface area (Å²) in [6.07, 6.45) is 3.30. The molecule has 130 valence electrons. The van der Waals surface area contributed by atoms with Crippen molar-refractivity contribution in [3.8, 4) is 0 Å². The van der Waals surface area contributed by atoms with Crippen LogP contribution in [0.4, 0.5) is 0 Å². The van der Waals surface area contributed by atoms with Gasteiger partial charge in [0, 0.05) is 61.9 Å². The van der Waals surface area contributed by atoms with E-state index in [1.807, 2.05) is 6.07 Å². The van der Waals surface area contributed by atoms with E-state index in [4.69, 9.17) is 0 Å². The van der Waals surface area contributed by atoms with Crippen molar-refractivity contribution in [2.75, 3.05) is 39.8 Å². The van der Waals surface area contributed by atoms with E-state index in [0.717, 1.165) is 31.6 Å². The SMILES string of the molecule is C[C@H](CNS(=O)(=O)c1cccc2cnccc12)N1CCN(C)CC1. The minimum Gasteiger partial charge on any atom is -0.304 e. The van der Waals surface area contributed by atoms with Crippen LogP contribution in [0.15, 0.2) is 41.6 Å². The number of likely N-dealkylation sites (N-methyl/N-ethyl adjacent to an activating group) is 1. The lowest BCUT2D eigenvalue weighted by molar-refractivity contribution is 0.120. The first-order chi connectivity index (χ1) is 11.5. The summed E-state index contributed by atoms with van der Waals surface area (Å²) in [5.41, 5.74) is 0.